The maximum atomic E-state index is 13.9. The van der Waals surface area contributed by atoms with Crippen molar-refractivity contribution in [1.82, 2.24) is 45.5 Å². The summed E-state index contributed by atoms with van der Waals surface area (Å²) in [5.41, 5.74) is 8.63. The van der Waals surface area contributed by atoms with Crippen molar-refractivity contribution in [2.75, 3.05) is 82.5 Å². The van der Waals surface area contributed by atoms with E-state index in [-0.39, 0.29) is 79.3 Å². The number of nitrogens with one attached hydrogen (secondary N) is 4. The minimum Gasteiger partial charge on any atom is -0.495 e. The van der Waals surface area contributed by atoms with Gasteiger partial charge in [-0.2, -0.15) is 18.3 Å². The summed E-state index contributed by atoms with van der Waals surface area (Å²) < 4.78 is 45.0. The zero-order chi connectivity index (χ0) is 52.1. The number of pyridine rings is 2. The number of halogens is 3. The van der Waals surface area contributed by atoms with Crippen LogP contribution in [0.25, 0.3) is 28.2 Å². The highest BCUT2D eigenvalue weighted by Crippen LogP contribution is 2.34. The molecule has 1 aliphatic carbocycles. The van der Waals surface area contributed by atoms with E-state index in [1.54, 1.807) is 46.3 Å². The Labute approximate surface area is 419 Å². The Morgan fingerprint density at radius 2 is 1.66 bits per heavy atom. The maximum absolute atomic E-state index is 13.9. The fourth-order valence-corrected chi connectivity index (χ4v) is 8.87. The number of fused-ring (bicyclic) bond motifs is 1. The molecular formula is C51H59F3N12O7. The number of aromatic amines is 1. The molecule has 0 spiro atoms. The zero-order valence-corrected chi connectivity index (χ0v) is 40.7. The lowest BCUT2D eigenvalue weighted by molar-refractivity contribution is -0.137. The van der Waals surface area contributed by atoms with Crippen LogP contribution in [0.2, 0.25) is 0 Å². The second-order valence-electron chi connectivity index (χ2n) is 17.8. The molecule has 0 bridgehead atoms. The standard InChI is InChI=1S/C51H59F3N12O7/c1-56-42(68)18-23-66(32-67)39-28-35(15-16-40(39)73-2)50(72)64-26-24-63(25-27-64)22-19-44(70)65(31-43(69)59-38-9-4-3-5-10-38)21-7-6-8-36-30-58-48(55)45-46(61-62-47(36)45)33-11-13-34(14-12-33)49(71)60-41-29-37(17-20-57-41)51(52,53)54/h6,8,11-17,20,28-30,32,38H,3-5,7,9-10,18-19,21-27,31H2,1-2H3,(H2,55,58)(H,56,68)(H,59,69)(H,61,62)(H,57,60,71)/b8-6+. The van der Waals surface area contributed by atoms with Crippen LogP contribution in [-0.4, -0.2) is 143 Å². The van der Waals surface area contributed by atoms with Crippen molar-refractivity contribution in [2.45, 2.75) is 63.6 Å². The molecule has 1 aliphatic heterocycles. The predicted octanol–water partition coefficient (Wildman–Crippen LogP) is 5.51. The fraction of sp³-hybridized carbons (Fsp3) is 0.392. The van der Waals surface area contributed by atoms with Gasteiger partial charge in [0, 0.05) is 106 Å². The first-order valence-electron chi connectivity index (χ1n) is 24.1. The summed E-state index contributed by atoms with van der Waals surface area (Å²) in [6, 6.07) is 12.8. The molecule has 0 unspecified atom stereocenters. The van der Waals surface area contributed by atoms with Gasteiger partial charge in [0.2, 0.25) is 24.1 Å². The number of nitrogen functional groups attached to an aromatic ring is 1. The quantitative estimate of drug-likeness (QED) is 0.0607. The molecule has 22 heteroatoms. The van der Waals surface area contributed by atoms with Crippen molar-refractivity contribution in [3.05, 3.63) is 95.3 Å². The van der Waals surface area contributed by atoms with Crippen molar-refractivity contribution in [3.8, 4) is 17.0 Å². The largest absolute Gasteiger partial charge is 0.495 e. The normalized spacial score (nSPS) is 14.5. The van der Waals surface area contributed by atoms with Crippen LogP contribution >= 0.6 is 0 Å². The number of nitrogens with two attached hydrogens (primary N) is 1. The second-order valence-corrected chi connectivity index (χ2v) is 17.8. The first kappa shape index (κ1) is 52.9. The van der Waals surface area contributed by atoms with Crippen LogP contribution in [-0.2, 0) is 25.4 Å². The Bertz CT molecular complexity index is 2810. The molecule has 7 rings (SSSR count). The summed E-state index contributed by atoms with van der Waals surface area (Å²) in [6.07, 6.45) is 7.89. The van der Waals surface area contributed by atoms with Crippen LogP contribution in [0.5, 0.6) is 5.75 Å². The van der Waals surface area contributed by atoms with E-state index in [1.165, 1.54) is 31.2 Å². The average molecular weight is 1010 g/mol. The number of hydrogen-bond acceptors (Lipinski definition) is 12. The number of H-pyrrole nitrogens is 1. The van der Waals surface area contributed by atoms with E-state index in [1.807, 2.05) is 12.2 Å². The highest BCUT2D eigenvalue weighted by atomic mass is 19.4. The lowest BCUT2D eigenvalue weighted by atomic mass is 9.95. The number of piperazine rings is 1. The van der Waals surface area contributed by atoms with E-state index in [4.69, 9.17) is 10.5 Å². The summed E-state index contributed by atoms with van der Waals surface area (Å²) in [5, 5.41) is 16.1. The lowest BCUT2D eigenvalue weighted by Gasteiger charge is -2.35. The Kier molecular flexibility index (Phi) is 17.8. The molecule has 73 heavy (non-hydrogen) atoms. The molecule has 19 nitrogen and oxygen atoms in total. The van der Waals surface area contributed by atoms with E-state index in [0.717, 1.165) is 50.4 Å². The van der Waals surface area contributed by atoms with Gasteiger partial charge in [0.1, 0.15) is 22.9 Å². The molecule has 4 heterocycles. The number of nitrogens with zero attached hydrogens (tertiary/aromatic N) is 7. The predicted molar refractivity (Wildman–Crippen MR) is 268 cm³/mol. The van der Waals surface area contributed by atoms with Gasteiger partial charge in [0.25, 0.3) is 11.8 Å². The van der Waals surface area contributed by atoms with Gasteiger partial charge in [-0.3, -0.25) is 38.8 Å². The van der Waals surface area contributed by atoms with Gasteiger partial charge < -0.3 is 41.1 Å². The van der Waals surface area contributed by atoms with Crippen LogP contribution in [0.3, 0.4) is 0 Å². The number of alkyl halides is 3. The smallest absolute Gasteiger partial charge is 0.416 e. The number of benzene rings is 2. The second kappa shape index (κ2) is 24.5. The molecule has 6 N–H and O–H groups in total. The van der Waals surface area contributed by atoms with E-state index < -0.39 is 17.6 Å². The van der Waals surface area contributed by atoms with Gasteiger partial charge in [-0.1, -0.05) is 43.5 Å². The number of anilines is 3. The zero-order valence-electron chi connectivity index (χ0n) is 40.7. The number of rotatable bonds is 20. The van der Waals surface area contributed by atoms with Crippen LogP contribution in [0.1, 0.15) is 83.2 Å². The molecule has 1 saturated carbocycles. The summed E-state index contributed by atoms with van der Waals surface area (Å²) in [6.45, 7) is 2.53. The monoisotopic (exact) mass is 1010 g/mol. The molecule has 0 radical (unpaired) electrons. The third-order valence-corrected chi connectivity index (χ3v) is 12.9. The molecular weight excluding hydrogens is 950 g/mol. The minimum atomic E-state index is -4.59. The first-order valence-corrected chi connectivity index (χ1v) is 24.1. The molecule has 2 aromatic carbocycles. The molecule has 386 valence electrons. The highest BCUT2D eigenvalue weighted by molar-refractivity contribution is 6.06. The number of methoxy groups -OCH3 is 1. The van der Waals surface area contributed by atoms with Gasteiger partial charge in [-0.25, -0.2) is 9.97 Å². The molecule has 1 saturated heterocycles. The van der Waals surface area contributed by atoms with Crippen molar-refractivity contribution < 1.29 is 46.7 Å². The number of hydrogen-bond donors (Lipinski definition) is 5. The molecule has 6 amide bonds. The topological polar surface area (TPSA) is 241 Å². The number of aromatic nitrogens is 4. The molecule has 2 aliphatic rings. The summed E-state index contributed by atoms with van der Waals surface area (Å²) in [7, 11) is 2.97. The van der Waals surface area contributed by atoms with E-state index in [0.29, 0.717) is 90.3 Å². The first-order chi connectivity index (χ1) is 35.1. The van der Waals surface area contributed by atoms with E-state index in [9.17, 15) is 41.9 Å². The van der Waals surface area contributed by atoms with Crippen molar-refractivity contribution in [1.29, 1.82) is 0 Å². The maximum Gasteiger partial charge on any atom is 0.416 e. The molecule has 0 atom stereocenters. The summed E-state index contributed by atoms with van der Waals surface area (Å²) in [4.78, 5) is 92.7. The summed E-state index contributed by atoms with van der Waals surface area (Å²) >= 11 is 0. The number of amides is 6. The van der Waals surface area contributed by atoms with Crippen LogP contribution < -0.4 is 31.3 Å². The number of ether oxygens (including phenoxy) is 1. The Morgan fingerprint density at radius 3 is 2.36 bits per heavy atom. The third kappa shape index (κ3) is 13.8. The van der Waals surface area contributed by atoms with E-state index >= 15 is 0 Å². The van der Waals surface area contributed by atoms with Crippen LogP contribution in [0.4, 0.5) is 30.5 Å². The van der Waals surface area contributed by atoms with Crippen LogP contribution in [0.15, 0.2) is 73.1 Å². The Morgan fingerprint density at radius 1 is 0.918 bits per heavy atom. The Hall–Kier alpha value is -7.88. The van der Waals surface area contributed by atoms with Crippen molar-refractivity contribution >= 4 is 70.2 Å². The average Bonchev–Trinajstić information content (AvgIpc) is 3.86. The Balaban J connectivity index is 0.961. The third-order valence-electron chi connectivity index (χ3n) is 12.9. The van der Waals surface area contributed by atoms with Gasteiger partial charge in [0.15, 0.2) is 0 Å². The fourth-order valence-electron chi connectivity index (χ4n) is 8.87. The highest BCUT2D eigenvalue weighted by Gasteiger charge is 2.31. The van der Waals surface area contributed by atoms with Gasteiger partial charge >= 0.3 is 6.18 Å². The van der Waals surface area contributed by atoms with Crippen LogP contribution in [0, 0.1) is 0 Å². The molecule has 3 aromatic heterocycles. The minimum absolute atomic E-state index is 0.0677. The van der Waals surface area contributed by atoms with Gasteiger partial charge in [-0.05, 0) is 61.7 Å². The van der Waals surface area contributed by atoms with Crippen molar-refractivity contribution in [2.24, 2.45) is 0 Å². The SMILES string of the molecule is CNC(=O)CCN(C=O)c1cc(C(=O)N2CCN(CCC(=O)N(CC/C=C/c3cnc(N)c4c(-c5ccc(C(=O)Nc6cc(C(F)(F)F)ccn6)cc5)[nH]nc34)CC(=O)NC3CCCCC3)CC2)ccc1OC. The van der Waals surface area contributed by atoms with Gasteiger partial charge in [-0.15, -0.1) is 0 Å². The number of carbonyl (C=O) groups excluding carboxylic acids is 6. The lowest BCUT2D eigenvalue weighted by Crippen LogP contribution is -2.50. The van der Waals surface area contributed by atoms with Gasteiger partial charge in [0.05, 0.1) is 36.0 Å². The number of carbonyl (C=O) groups is 6. The summed E-state index contributed by atoms with van der Waals surface area (Å²) in [5.74, 6) is -1.17. The molecule has 2 fully saturated rings. The van der Waals surface area contributed by atoms with E-state index in [2.05, 4.69) is 41.0 Å². The van der Waals surface area contributed by atoms with Crippen molar-refractivity contribution in [3.63, 3.8) is 0 Å². The molecule has 5 aromatic rings.